The van der Waals surface area contributed by atoms with E-state index in [-0.39, 0.29) is 5.91 Å². The number of carbonyl (C=O) groups is 2. The number of nitrogens with one attached hydrogen (secondary N) is 1. The maximum absolute atomic E-state index is 15.1. The van der Waals surface area contributed by atoms with Gasteiger partial charge in [0.25, 0.3) is 5.91 Å². The Morgan fingerprint density at radius 3 is 2.69 bits per heavy atom. The van der Waals surface area contributed by atoms with E-state index in [4.69, 9.17) is 10.5 Å². The van der Waals surface area contributed by atoms with E-state index in [1.165, 1.54) is 17.4 Å². The number of hydrogen-bond acceptors (Lipinski definition) is 6. The SMILES string of the molecule is NC(=O)OC1(c2ccc(-c3cn4c(n3)sc3cc(C(=O)NCCCN5CCC(F)CC5)ccc34)c(F)c2)CC1. The lowest BCUT2D eigenvalue weighted by atomic mass is 10.0. The summed E-state index contributed by atoms with van der Waals surface area (Å²) in [6.45, 7) is 2.96. The topological polar surface area (TPSA) is 102 Å². The van der Waals surface area contributed by atoms with Crippen LogP contribution in [0.2, 0.25) is 0 Å². The molecule has 8 nitrogen and oxygen atoms in total. The quantitative estimate of drug-likeness (QED) is 0.299. The van der Waals surface area contributed by atoms with E-state index in [2.05, 4.69) is 15.2 Å². The highest BCUT2D eigenvalue weighted by Crippen LogP contribution is 2.49. The van der Waals surface area contributed by atoms with Crippen LogP contribution in [0.15, 0.2) is 42.6 Å². The van der Waals surface area contributed by atoms with Crippen molar-refractivity contribution >= 4 is 38.5 Å². The first-order valence-corrected chi connectivity index (χ1v) is 14.0. The molecule has 4 aromatic rings. The van der Waals surface area contributed by atoms with Crippen molar-refractivity contribution in [3.05, 3.63) is 59.5 Å². The molecule has 11 heteroatoms. The van der Waals surface area contributed by atoms with E-state index in [0.29, 0.717) is 59.6 Å². The Hall–Kier alpha value is -3.57. The Morgan fingerprint density at radius 2 is 1.97 bits per heavy atom. The number of primary amides is 1. The number of aromatic nitrogens is 2. The number of likely N-dealkylation sites (tertiary alicyclic amines) is 1. The number of nitrogens with zero attached hydrogens (tertiary/aromatic N) is 3. The van der Waals surface area contributed by atoms with E-state index >= 15 is 4.39 Å². The predicted octanol–water partition coefficient (Wildman–Crippen LogP) is 4.99. The number of fused-ring (bicyclic) bond motifs is 3. The molecule has 2 amide bonds. The number of rotatable bonds is 8. The van der Waals surface area contributed by atoms with Crippen LogP contribution in [0.5, 0.6) is 0 Å². The molecule has 1 aliphatic heterocycles. The molecule has 1 saturated heterocycles. The van der Waals surface area contributed by atoms with Gasteiger partial charge in [0.05, 0.1) is 15.9 Å². The average Bonchev–Trinajstić information content (AvgIpc) is 3.44. The monoisotopic (exact) mass is 553 g/mol. The molecule has 3 heterocycles. The van der Waals surface area contributed by atoms with Crippen molar-refractivity contribution in [2.24, 2.45) is 5.73 Å². The highest BCUT2D eigenvalue weighted by Gasteiger charge is 2.48. The van der Waals surface area contributed by atoms with Gasteiger partial charge in [-0.15, -0.1) is 0 Å². The molecule has 1 saturated carbocycles. The van der Waals surface area contributed by atoms with Crippen LogP contribution in [0, 0.1) is 5.82 Å². The highest BCUT2D eigenvalue weighted by molar-refractivity contribution is 7.23. The van der Waals surface area contributed by atoms with Crippen LogP contribution in [0.1, 0.15) is 48.0 Å². The Morgan fingerprint density at radius 1 is 1.18 bits per heavy atom. The van der Waals surface area contributed by atoms with Crippen molar-refractivity contribution in [2.75, 3.05) is 26.2 Å². The minimum Gasteiger partial charge on any atom is -0.438 e. The van der Waals surface area contributed by atoms with Crippen molar-refractivity contribution in [2.45, 2.75) is 43.9 Å². The van der Waals surface area contributed by atoms with Gasteiger partial charge in [-0.25, -0.2) is 18.6 Å². The average molecular weight is 554 g/mol. The van der Waals surface area contributed by atoms with E-state index < -0.39 is 23.7 Å². The number of amides is 2. The number of nitrogens with two attached hydrogens (primary N) is 1. The molecular weight excluding hydrogens is 524 g/mol. The third kappa shape index (κ3) is 5.20. The number of alkyl halides is 1. The fourth-order valence-electron chi connectivity index (χ4n) is 5.27. The molecule has 1 aliphatic carbocycles. The summed E-state index contributed by atoms with van der Waals surface area (Å²) in [5, 5.41) is 2.97. The second-order valence-electron chi connectivity index (χ2n) is 10.3. The number of carbonyl (C=O) groups excluding carboxylic acids is 2. The minimum atomic E-state index is -0.870. The number of ether oxygens (including phenoxy) is 1. The van der Waals surface area contributed by atoms with Gasteiger partial charge in [-0.1, -0.05) is 17.4 Å². The lowest BCUT2D eigenvalue weighted by molar-refractivity contribution is 0.0896. The number of piperidine rings is 1. The summed E-state index contributed by atoms with van der Waals surface area (Å²) in [5.74, 6) is -0.588. The van der Waals surface area contributed by atoms with Gasteiger partial charge < -0.3 is 20.7 Å². The number of hydrogen-bond donors (Lipinski definition) is 2. The van der Waals surface area contributed by atoms with Crippen LogP contribution in [-0.4, -0.2) is 58.6 Å². The van der Waals surface area contributed by atoms with E-state index in [9.17, 15) is 14.0 Å². The van der Waals surface area contributed by atoms with Gasteiger partial charge in [-0.05, 0) is 74.5 Å². The van der Waals surface area contributed by atoms with Crippen molar-refractivity contribution in [1.82, 2.24) is 19.6 Å². The summed E-state index contributed by atoms with van der Waals surface area (Å²) in [4.78, 5) is 31.5. The zero-order valence-electron chi connectivity index (χ0n) is 21.3. The number of halogens is 2. The number of thiazole rings is 1. The van der Waals surface area contributed by atoms with Crippen molar-refractivity contribution in [3.8, 4) is 11.3 Å². The first-order valence-electron chi connectivity index (χ1n) is 13.2. The molecule has 0 spiro atoms. The first-order chi connectivity index (χ1) is 18.8. The normalized spacial score (nSPS) is 17.5. The van der Waals surface area contributed by atoms with Gasteiger partial charge in [0.1, 0.15) is 17.6 Å². The summed E-state index contributed by atoms with van der Waals surface area (Å²) in [6.07, 6.45) is 3.46. The molecule has 39 heavy (non-hydrogen) atoms. The predicted molar refractivity (Wildman–Crippen MR) is 145 cm³/mol. The molecule has 0 unspecified atom stereocenters. The van der Waals surface area contributed by atoms with E-state index in [1.54, 1.807) is 24.4 Å². The second-order valence-corrected chi connectivity index (χ2v) is 11.3. The van der Waals surface area contributed by atoms with Crippen LogP contribution in [0.4, 0.5) is 13.6 Å². The van der Waals surface area contributed by atoms with Gasteiger partial charge in [0, 0.05) is 37.0 Å². The zero-order chi connectivity index (χ0) is 27.1. The fraction of sp³-hybridized carbons (Fsp3) is 0.393. The third-order valence-corrected chi connectivity index (χ3v) is 8.60. The molecule has 6 rings (SSSR count). The van der Waals surface area contributed by atoms with Crippen LogP contribution >= 0.6 is 11.3 Å². The van der Waals surface area contributed by atoms with Gasteiger partial charge in [0.15, 0.2) is 4.96 Å². The molecule has 2 aromatic carbocycles. The van der Waals surface area contributed by atoms with Gasteiger partial charge >= 0.3 is 6.09 Å². The summed E-state index contributed by atoms with van der Waals surface area (Å²) in [5.41, 5.74) is 7.22. The standard InChI is InChI=1S/C28H29F2N5O3S/c29-19-6-12-34(13-7-19)11-1-10-32-25(36)17-2-5-23-24(14-17)39-27-33-22(16-35(23)27)20-4-3-18(15-21(20)30)28(8-9-28)38-26(31)37/h2-5,14-16,19H,1,6-13H2,(H2,31,37)(H,32,36). The Labute approximate surface area is 227 Å². The lowest BCUT2D eigenvalue weighted by Crippen LogP contribution is -2.36. The van der Waals surface area contributed by atoms with Crippen LogP contribution in [0.3, 0.4) is 0 Å². The summed E-state index contributed by atoms with van der Waals surface area (Å²) < 4.78 is 36.4. The summed E-state index contributed by atoms with van der Waals surface area (Å²) >= 11 is 1.43. The second kappa shape index (κ2) is 10.2. The molecule has 204 valence electrons. The van der Waals surface area contributed by atoms with Gasteiger partial charge in [-0.2, -0.15) is 0 Å². The van der Waals surface area contributed by atoms with Gasteiger partial charge in [-0.3, -0.25) is 9.20 Å². The smallest absolute Gasteiger partial charge is 0.405 e. The number of benzene rings is 2. The third-order valence-electron chi connectivity index (χ3n) is 7.58. The molecule has 0 radical (unpaired) electrons. The molecule has 2 aromatic heterocycles. The Bertz CT molecular complexity index is 1560. The number of imidazole rings is 1. The van der Waals surface area contributed by atoms with Crippen molar-refractivity contribution in [3.63, 3.8) is 0 Å². The summed E-state index contributed by atoms with van der Waals surface area (Å²) in [7, 11) is 0. The highest BCUT2D eigenvalue weighted by atomic mass is 32.1. The maximum atomic E-state index is 15.1. The molecular formula is C28H29F2N5O3S. The van der Waals surface area contributed by atoms with E-state index in [0.717, 1.165) is 36.3 Å². The van der Waals surface area contributed by atoms with Crippen LogP contribution < -0.4 is 11.1 Å². The molecule has 0 atom stereocenters. The zero-order valence-corrected chi connectivity index (χ0v) is 22.1. The lowest BCUT2D eigenvalue weighted by Gasteiger charge is -2.28. The molecule has 2 aliphatic rings. The first kappa shape index (κ1) is 25.7. The van der Waals surface area contributed by atoms with E-state index in [1.807, 2.05) is 16.5 Å². The minimum absolute atomic E-state index is 0.137. The van der Waals surface area contributed by atoms with Crippen LogP contribution in [0.25, 0.3) is 26.4 Å². The maximum Gasteiger partial charge on any atom is 0.405 e. The Kier molecular flexibility index (Phi) is 6.72. The fourth-order valence-corrected chi connectivity index (χ4v) is 6.31. The molecule has 0 bridgehead atoms. The van der Waals surface area contributed by atoms with Crippen molar-refractivity contribution in [1.29, 1.82) is 0 Å². The van der Waals surface area contributed by atoms with Crippen molar-refractivity contribution < 1.29 is 23.1 Å². The van der Waals surface area contributed by atoms with Crippen LogP contribution in [-0.2, 0) is 10.3 Å². The summed E-state index contributed by atoms with van der Waals surface area (Å²) in [6, 6.07) is 10.3. The van der Waals surface area contributed by atoms with Gasteiger partial charge in [0.2, 0.25) is 0 Å². The Balaban J connectivity index is 1.13. The molecule has 3 N–H and O–H groups in total. The largest absolute Gasteiger partial charge is 0.438 e. The molecule has 2 fully saturated rings.